The van der Waals surface area contributed by atoms with Crippen molar-refractivity contribution < 1.29 is 24.2 Å². The van der Waals surface area contributed by atoms with Crippen LogP contribution in [0.4, 0.5) is 4.79 Å². The van der Waals surface area contributed by atoms with E-state index in [1.807, 2.05) is 26.8 Å². The highest BCUT2D eigenvalue weighted by molar-refractivity contribution is 6.31. The number of amides is 2. The number of rotatable bonds is 3. The van der Waals surface area contributed by atoms with Gasteiger partial charge in [-0.25, -0.2) is 9.59 Å². The van der Waals surface area contributed by atoms with E-state index in [0.717, 1.165) is 11.1 Å². The minimum Gasteiger partial charge on any atom is -0.467 e. The van der Waals surface area contributed by atoms with Gasteiger partial charge in [0.05, 0.1) is 25.7 Å². The highest BCUT2D eigenvalue weighted by atomic mass is 35.5. The molecule has 1 aromatic carbocycles. The quantitative estimate of drug-likeness (QED) is 0.652. The van der Waals surface area contributed by atoms with Crippen LogP contribution in [-0.2, 0) is 20.9 Å². The van der Waals surface area contributed by atoms with Crippen LogP contribution in [0.15, 0.2) is 18.2 Å². The van der Waals surface area contributed by atoms with Crippen LogP contribution in [0.5, 0.6) is 0 Å². The van der Waals surface area contributed by atoms with Crippen molar-refractivity contribution >= 4 is 42.0 Å². The number of carboxylic acid groups (broad SMARTS) is 1. The topological polar surface area (TPSA) is 113 Å². The highest BCUT2D eigenvalue weighted by Gasteiger charge is 2.49. The number of carbonyl (C=O) groups is 3. The third kappa shape index (κ3) is 4.61. The molecule has 1 fully saturated rings. The Balaban J connectivity index is 0.00000341. The molecule has 0 aromatic heterocycles. The molecule has 172 valence electrons. The van der Waals surface area contributed by atoms with Gasteiger partial charge in [-0.05, 0) is 29.0 Å². The van der Waals surface area contributed by atoms with Crippen LogP contribution in [-0.4, -0.2) is 58.6 Å². The van der Waals surface area contributed by atoms with E-state index in [1.165, 1.54) is 16.9 Å². The molecular formula is C21H29Cl2N3O5. The second-order valence-electron chi connectivity index (χ2n) is 9.03. The second-order valence-corrected chi connectivity index (χ2v) is 9.44. The molecule has 4 atom stereocenters. The Morgan fingerprint density at radius 1 is 1.26 bits per heavy atom. The largest absolute Gasteiger partial charge is 0.467 e. The average molecular weight is 474 g/mol. The highest BCUT2D eigenvalue weighted by Crippen LogP contribution is 2.46. The van der Waals surface area contributed by atoms with E-state index in [-0.39, 0.29) is 43.7 Å². The minimum atomic E-state index is -1.07. The summed E-state index contributed by atoms with van der Waals surface area (Å²) in [4.78, 5) is 40.4. The van der Waals surface area contributed by atoms with Crippen molar-refractivity contribution in [3.05, 3.63) is 34.3 Å². The van der Waals surface area contributed by atoms with Crippen LogP contribution in [0.1, 0.15) is 44.4 Å². The van der Waals surface area contributed by atoms with Gasteiger partial charge in [-0.15, -0.1) is 12.4 Å². The van der Waals surface area contributed by atoms with E-state index in [4.69, 9.17) is 22.1 Å². The minimum absolute atomic E-state index is 0. The molecule has 0 radical (unpaired) electrons. The molecule has 8 nitrogen and oxygen atoms in total. The van der Waals surface area contributed by atoms with E-state index in [1.54, 1.807) is 12.1 Å². The van der Waals surface area contributed by atoms with Crippen LogP contribution in [0.25, 0.3) is 0 Å². The number of hydrogen-bond donors (Lipinski definition) is 2. The molecule has 2 aliphatic rings. The lowest BCUT2D eigenvalue weighted by Crippen LogP contribution is -2.53. The summed E-state index contributed by atoms with van der Waals surface area (Å²) < 4.78 is 4.93. The maximum atomic E-state index is 13.1. The Labute approximate surface area is 193 Å². The molecule has 3 N–H and O–H groups in total. The fraction of sp³-hybridized carbons (Fsp3) is 0.571. The zero-order valence-corrected chi connectivity index (χ0v) is 19.6. The first kappa shape index (κ1) is 25.2. The number of esters is 1. The van der Waals surface area contributed by atoms with Gasteiger partial charge in [-0.1, -0.05) is 44.5 Å². The summed E-state index contributed by atoms with van der Waals surface area (Å²) >= 11 is 6.31. The number of carbonyl (C=O) groups excluding carboxylic acids is 2. The predicted octanol–water partition coefficient (Wildman–Crippen LogP) is 3.06. The molecule has 1 unspecified atom stereocenters. The van der Waals surface area contributed by atoms with E-state index in [0.29, 0.717) is 5.02 Å². The number of nitrogens with zero attached hydrogens (tertiary/aromatic N) is 2. The van der Waals surface area contributed by atoms with E-state index < -0.39 is 35.6 Å². The molecule has 0 aliphatic carbocycles. The van der Waals surface area contributed by atoms with Crippen molar-refractivity contribution in [1.29, 1.82) is 0 Å². The van der Waals surface area contributed by atoms with Crippen molar-refractivity contribution in [2.45, 2.75) is 51.9 Å². The zero-order chi connectivity index (χ0) is 22.4. The van der Waals surface area contributed by atoms with Gasteiger partial charge in [-0.3, -0.25) is 9.69 Å². The van der Waals surface area contributed by atoms with Gasteiger partial charge < -0.3 is 20.5 Å². The molecule has 0 spiro atoms. The number of hydrogen-bond acceptors (Lipinski definition) is 5. The van der Waals surface area contributed by atoms with Gasteiger partial charge >= 0.3 is 12.1 Å². The Bertz CT molecular complexity index is 873. The Morgan fingerprint density at radius 2 is 1.90 bits per heavy atom. The summed E-state index contributed by atoms with van der Waals surface area (Å²) in [5.41, 5.74) is 7.27. The van der Waals surface area contributed by atoms with Crippen LogP contribution in [0.3, 0.4) is 0 Å². The third-order valence-corrected chi connectivity index (χ3v) is 6.47. The summed E-state index contributed by atoms with van der Waals surface area (Å²) in [7, 11) is 1.27. The molecule has 31 heavy (non-hydrogen) atoms. The van der Waals surface area contributed by atoms with Crippen LogP contribution in [0.2, 0.25) is 5.02 Å². The number of nitrogens with two attached hydrogens (primary N) is 1. The van der Waals surface area contributed by atoms with E-state index in [2.05, 4.69) is 0 Å². The van der Waals surface area contributed by atoms with Crippen LogP contribution < -0.4 is 5.73 Å². The number of benzene rings is 1. The second kappa shape index (κ2) is 9.22. The fourth-order valence-corrected chi connectivity index (χ4v) is 4.64. The number of fused-ring (bicyclic) bond motifs is 1. The molecule has 1 aromatic rings. The molecule has 10 heteroatoms. The third-order valence-electron chi connectivity index (χ3n) is 6.12. The summed E-state index contributed by atoms with van der Waals surface area (Å²) in [5.74, 6) is -1.16. The van der Waals surface area contributed by atoms with Crippen LogP contribution in [0, 0.1) is 11.3 Å². The Kier molecular flexibility index (Phi) is 7.51. The first-order valence-electron chi connectivity index (χ1n) is 9.88. The van der Waals surface area contributed by atoms with Crippen LogP contribution >= 0.6 is 24.0 Å². The normalized spacial score (nSPS) is 23.7. The lowest BCUT2D eigenvalue weighted by Gasteiger charge is -2.32. The maximum Gasteiger partial charge on any atom is 0.408 e. The molecule has 2 amide bonds. The SMILES string of the molecule is COC(=O)[C@@H]1C[C@@H](C2c3cccc(Cl)c3CN2C(=O)O)CN1C(=O)[C@@H](N)C(C)(C)C.Cl. The lowest BCUT2D eigenvalue weighted by molar-refractivity contribution is -0.152. The molecule has 2 heterocycles. The van der Waals surface area contributed by atoms with Gasteiger partial charge in [0.1, 0.15) is 6.04 Å². The monoisotopic (exact) mass is 473 g/mol. The van der Waals surface area contributed by atoms with Gasteiger partial charge in [0.25, 0.3) is 0 Å². The summed E-state index contributed by atoms with van der Waals surface area (Å²) in [6.45, 7) is 5.96. The maximum absolute atomic E-state index is 13.1. The van der Waals surface area contributed by atoms with Gasteiger partial charge in [0.15, 0.2) is 0 Å². The summed E-state index contributed by atoms with van der Waals surface area (Å²) in [6, 6.07) is 3.25. The van der Waals surface area contributed by atoms with Gasteiger partial charge in [0.2, 0.25) is 5.91 Å². The number of halogens is 2. The smallest absolute Gasteiger partial charge is 0.408 e. The van der Waals surface area contributed by atoms with Crippen molar-refractivity contribution in [2.75, 3.05) is 13.7 Å². The first-order valence-corrected chi connectivity index (χ1v) is 10.3. The van der Waals surface area contributed by atoms with Crippen molar-refractivity contribution in [1.82, 2.24) is 9.80 Å². The number of methoxy groups -OCH3 is 1. The molecule has 2 aliphatic heterocycles. The van der Waals surface area contributed by atoms with E-state index >= 15 is 0 Å². The molecule has 0 bridgehead atoms. The number of ether oxygens (including phenoxy) is 1. The lowest BCUT2D eigenvalue weighted by atomic mass is 9.86. The summed E-state index contributed by atoms with van der Waals surface area (Å²) in [6.07, 6.45) is -0.784. The Morgan fingerprint density at radius 3 is 2.45 bits per heavy atom. The summed E-state index contributed by atoms with van der Waals surface area (Å²) in [5, 5.41) is 10.3. The van der Waals surface area contributed by atoms with E-state index in [9.17, 15) is 19.5 Å². The fourth-order valence-electron chi connectivity index (χ4n) is 4.40. The Hall–Kier alpha value is -2.03. The number of likely N-dealkylation sites (tertiary alicyclic amines) is 1. The average Bonchev–Trinajstić information content (AvgIpc) is 3.28. The first-order chi connectivity index (χ1) is 14.0. The zero-order valence-electron chi connectivity index (χ0n) is 18.0. The van der Waals surface area contributed by atoms with Crippen molar-refractivity contribution in [3.8, 4) is 0 Å². The van der Waals surface area contributed by atoms with Crippen molar-refractivity contribution in [3.63, 3.8) is 0 Å². The molecule has 0 saturated carbocycles. The van der Waals surface area contributed by atoms with Crippen molar-refractivity contribution in [2.24, 2.45) is 17.1 Å². The van der Waals surface area contributed by atoms with Gasteiger partial charge in [-0.2, -0.15) is 0 Å². The predicted molar refractivity (Wildman–Crippen MR) is 118 cm³/mol. The molecular weight excluding hydrogens is 445 g/mol. The molecule has 3 rings (SSSR count). The molecule has 1 saturated heterocycles. The van der Waals surface area contributed by atoms with Gasteiger partial charge in [0, 0.05) is 17.5 Å². The standard InChI is InChI=1S/C21H28ClN3O5.ClH/c1-21(2,3)17(23)18(26)24-9-11(8-15(24)19(27)30-4)16-12-6-5-7-14(22)13(12)10-25(16)20(28)29;/h5-7,11,15-17H,8-10,23H2,1-4H3,(H,28,29);1H/t11-,15+,16?,17-;/m1./s1.